The molecule has 3 saturated heterocycles. The Balaban J connectivity index is 1.16. The smallest absolute Gasteiger partial charge is 0.311 e. The summed E-state index contributed by atoms with van der Waals surface area (Å²) in [6, 6.07) is 4.79. The number of hydrogen-bond acceptors (Lipinski definition) is 20. The van der Waals surface area contributed by atoms with E-state index in [1.165, 1.54) is 14.0 Å². The molecule has 1 aliphatic carbocycles. The molecule has 1 amide bonds. The van der Waals surface area contributed by atoms with Crippen LogP contribution in [0, 0.1) is 17.8 Å². The second-order valence-corrected chi connectivity index (χ2v) is 24.3. The van der Waals surface area contributed by atoms with Gasteiger partial charge in [-0.15, -0.1) is 0 Å². The van der Waals surface area contributed by atoms with Crippen LogP contribution < -0.4 is 21.4 Å². The number of anilines is 1. The lowest BCUT2D eigenvalue weighted by Gasteiger charge is -2.49. The molecule has 22 heteroatoms. The van der Waals surface area contributed by atoms with Crippen molar-refractivity contribution < 1.29 is 73.1 Å². The Labute approximate surface area is 472 Å². The molecule has 4 heterocycles. The molecule has 4 fully saturated rings. The molecule has 22 nitrogen and oxygen atoms in total. The van der Waals surface area contributed by atoms with Gasteiger partial charge in [0, 0.05) is 87.6 Å². The summed E-state index contributed by atoms with van der Waals surface area (Å²) in [5, 5.41) is 67.0. The summed E-state index contributed by atoms with van der Waals surface area (Å²) in [5.41, 5.74) is -3.60. The topological polar surface area (TPSA) is 282 Å². The highest BCUT2D eigenvalue weighted by Gasteiger charge is 2.54. The zero-order valence-corrected chi connectivity index (χ0v) is 49.8. The summed E-state index contributed by atoms with van der Waals surface area (Å²) >= 11 is 0. The van der Waals surface area contributed by atoms with E-state index >= 15 is 0 Å². The van der Waals surface area contributed by atoms with Gasteiger partial charge in [0.25, 0.3) is 5.91 Å². The molecular weight excluding hydrogens is 1040 g/mol. The highest BCUT2D eigenvalue weighted by atomic mass is 16.7. The number of nitrogens with zero attached hydrogens (tertiary/aromatic N) is 3. The molecule has 1 aromatic carbocycles. The van der Waals surface area contributed by atoms with Crippen LogP contribution in [0.3, 0.4) is 0 Å². The number of aromatic nitrogens is 1. The molecule has 18 atom stereocenters. The van der Waals surface area contributed by atoms with Crippen LogP contribution in [-0.2, 0) is 42.7 Å². The minimum absolute atomic E-state index is 0.0191. The molecule has 0 bridgehead atoms. The van der Waals surface area contributed by atoms with E-state index in [-0.39, 0.29) is 75.0 Å². The number of fused-ring (bicyclic) bond motifs is 1. The van der Waals surface area contributed by atoms with E-state index < -0.39 is 113 Å². The van der Waals surface area contributed by atoms with Gasteiger partial charge in [-0.2, -0.15) is 0 Å². The van der Waals surface area contributed by atoms with Crippen LogP contribution in [0.2, 0.25) is 0 Å². The molecule has 2 aromatic rings. The number of benzene rings is 1. The minimum Gasteiger partial charge on any atom is -0.459 e. The van der Waals surface area contributed by atoms with Crippen molar-refractivity contribution in [3.8, 4) is 0 Å². The lowest BCUT2D eigenvalue weighted by Crippen LogP contribution is -2.61. The summed E-state index contributed by atoms with van der Waals surface area (Å²) < 4.78 is 46.9. The maximum absolute atomic E-state index is 14.6. The largest absolute Gasteiger partial charge is 0.459 e. The number of carbonyl (C=O) groups is 3. The Morgan fingerprint density at radius 1 is 0.925 bits per heavy atom. The first-order valence-corrected chi connectivity index (χ1v) is 28.9. The average Bonchev–Trinajstić information content (AvgIpc) is 4.27. The van der Waals surface area contributed by atoms with E-state index in [0.717, 1.165) is 18.4 Å². The van der Waals surface area contributed by atoms with Crippen molar-refractivity contribution in [3.05, 3.63) is 40.2 Å². The van der Waals surface area contributed by atoms with E-state index in [2.05, 4.69) is 16.0 Å². The number of nitrogens with one attached hydrogen (secondary N) is 3. The number of esters is 2. The van der Waals surface area contributed by atoms with E-state index in [9.17, 15) is 44.7 Å². The van der Waals surface area contributed by atoms with Crippen molar-refractivity contribution in [2.45, 2.75) is 211 Å². The second-order valence-electron chi connectivity index (χ2n) is 24.3. The highest BCUT2D eigenvalue weighted by molar-refractivity contribution is 5.98. The van der Waals surface area contributed by atoms with Gasteiger partial charge in [0.05, 0.1) is 54.5 Å². The van der Waals surface area contributed by atoms with Crippen LogP contribution in [0.4, 0.5) is 5.69 Å². The lowest BCUT2D eigenvalue weighted by atomic mass is 9.77. The number of methoxy groups -OCH3 is 1. The standard InChI is InChI=1S/C58H96N6O16/c1-15-44-58(10,73)50(69)36(6)63(13)30-32(2)28-56(8,72)51(80-55-48(68)43(62(11)12)26-33(3)75-55)34(4)49(35(5)54(71)77-44)79-46-29-57(9,74-14)52(37(7)76-46)78-45(66)20-21-59-22-23-60-38-16-19-42-40(27-38)47(67)41(53(70)61-24-25-65)31-64(42)39-17-18-39/h16,19,27,31-37,39,43-44,46,48-52,55,59-60,65,68-69,72-73H,15,17-18,20-26,28-30H2,1-14H3,(H,61,70)/t32-,33-,34+,35-,36-,37+,43+,44-,46+,48-,49+,50-,51-,52+,55+,56-,57-,58-/m1/s1. The summed E-state index contributed by atoms with van der Waals surface area (Å²) in [4.78, 5) is 58.3. The number of ether oxygens (including phenoxy) is 7. The van der Waals surface area contributed by atoms with Crippen LogP contribution in [0.1, 0.15) is 131 Å². The molecule has 1 saturated carbocycles. The van der Waals surface area contributed by atoms with E-state index in [4.69, 9.17) is 33.2 Å². The number of pyridine rings is 1. The SMILES string of the molecule is CC[C@H]1OC(=O)[C@H](C)[C@@H](O[C@H]2C[C@@](C)(OC)[C@@H](OC(=O)CCNCCNc3ccc4c(c3)c(=O)c(C(=O)NCCO)cn4C3CC3)[C@H](C)O2)[C@H](C)[C@@H](O[C@@H]2O[C@H](C)C[C@H](N(C)C)[C@H]2O)[C@](C)(O)C[C@@H](C)CN(C)[C@H](C)[C@@H](O)[C@]1(C)O. The lowest BCUT2D eigenvalue weighted by molar-refractivity contribution is -0.318. The maximum atomic E-state index is 14.6. The quantitative estimate of drug-likeness (QED) is 0.0742. The van der Waals surface area contributed by atoms with Crippen LogP contribution in [-0.4, -0.2) is 216 Å². The fourth-order valence-corrected chi connectivity index (χ4v) is 12.3. The Morgan fingerprint density at radius 3 is 2.26 bits per heavy atom. The minimum atomic E-state index is -1.87. The molecule has 454 valence electrons. The van der Waals surface area contributed by atoms with Crippen molar-refractivity contribution >= 4 is 34.4 Å². The number of cyclic esters (lactones) is 1. The van der Waals surface area contributed by atoms with Gasteiger partial charge in [-0.1, -0.05) is 20.8 Å². The van der Waals surface area contributed by atoms with E-state index in [0.29, 0.717) is 37.1 Å². The summed E-state index contributed by atoms with van der Waals surface area (Å²) in [5.74, 6) is -3.91. The van der Waals surface area contributed by atoms with Crippen LogP contribution in [0.15, 0.2) is 29.2 Å². The van der Waals surface area contributed by atoms with Gasteiger partial charge in [0.2, 0.25) is 5.43 Å². The Morgan fingerprint density at radius 2 is 1.62 bits per heavy atom. The third kappa shape index (κ3) is 15.5. The van der Waals surface area contributed by atoms with Gasteiger partial charge in [0.1, 0.15) is 35.1 Å². The van der Waals surface area contributed by atoms with Crippen molar-refractivity contribution in [1.29, 1.82) is 0 Å². The molecule has 4 aliphatic rings. The van der Waals surface area contributed by atoms with Crippen LogP contribution in [0.5, 0.6) is 0 Å². The molecule has 80 heavy (non-hydrogen) atoms. The molecule has 3 aliphatic heterocycles. The summed E-state index contributed by atoms with van der Waals surface area (Å²) in [7, 11) is 7.08. The zero-order valence-electron chi connectivity index (χ0n) is 49.8. The number of hydrogen-bond donors (Lipinski definition) is 8. The molecule has 6 rings (SSSR count). The zero-order chi connectivity index (χ0) is 59.2. The van der Waals surface area contributed by atoms with Crippen molar-refractivity contribution in [2.24, 2.45) is 17.8 Å². The fraction of sp³-hybridized carbons (Fsp3) is 0.793. The van der Waals surface area contributed by atoms with Gasteiger partial charge in [-0.25, -0.2) is 0 Å². The Hall–Kier alpha value is -3.88. The van der Waals surface area contributed by atoms with Crippen molar-refractivity contribution in [2.75, 3.05) is 72.9 Å². The van der Waals surface area contributed by atoms with Crippen LogP contribution in [0.25, 0.3) is 10.9 Å². The summed E-state index contributed by atoms with van der Waals surface area (Å²) in [6.07, 6.45) is -5.57. The molecule has 0 radical (unpaired) electrons. The fourth-order valence-electron chi connectivity index (χ4n) is 12.3. The molecular formula is C58H96N6O16. The number of likely N-dealkylation sites (N-methyl/N-ethyl adjacent to an activating group) is 2. The number of amides is 1. The first-order chi connectivity index (χ1) is 37.6. The number of aliphatic hydroxyl groups is 5. The molecule has 0 spiro atoms. The van der Waals surface area contributed by atoms with Crippen molar-refractivity contribution in [3.63, 3.8) is 0 Å². The van der Waals surface area contributed by atoms with E-state index in [1.54, 1.807) is 60.7 Å². The number of carbonyl (C=O) groups excluding carboxylic acids is 3. The molecule has 0 unspecified atom stereocenters. The second kappa shape index (κ2) is 27.7. The van der Waals surface area contributed by atoms with Gasteiger partial charge >= 0.3 is 11.9 Å². The third-order valence-corrected chi connectivity index (χ3v) is 17.2. The van der Waals surface area contributed by atoms with Crippen molar-refractivity contribution in [1.82, 2.24) is 25.0 Å². The van der Waals surface area contributed by atoms with Gasteiger partial charge in [-0.3, -0.25) is 19.2 Å². The van der Waals surface area contributed by atoms with E-state index in [1.807, 2.05) is 61.5 Å². The number of aliphatic hydroxyl groups excluding tert-OH is 3. The average molecular weight is 1130 g/mol. The first kappa shape index (κ1) is 65.3. The van der Waals surface area contributed by atoms with Gasteiger partial charge in [-0.05, 0) is 126 Å². The Bertz CT molecular complexity index is 2440. The van der Waals surface area contributed by atoms with Gasteiger partial charge < -0.3 is 89.0 Å². The first-order valence-electron chi connectivity index (χ1n) is 28.9. The predicted molar refractivity (Wildman–Crippen MR) is 300 cm³/mol. The molecule has 8 N–H and O–H groups in total. The number of rotatable bonds is 19. The third-order valence-electron chi connectivity index (χ3n) is 17.2. The predicted octanol–water partition coefficient (Wildman–Crippen LogP) is 2.92. The molecule has 1 aromatic heterocycles. The normalized spacial score (nSPS) is 37.1. The highest BCUT2D eigenvalue weighted by Crippen LogP contribution is 2.42. The Kier molecular flexibility index (Phi) is 22.6. The monoisotopic (exact) mass is 1130 g/mol. The maximum Gasteiger partial charge on any atom is 0.311 e. The van der Waals surface area contributed by atoms with Crippen LogP contribution >= 0.6 is 0 Å². The van der Waals surface area contributed by atoms with Gasteiger partial charge in [0.15, 0.2) is 18.7 Å². The summed E-state index contributed by atoms with van der Waals surface area (Å²) in [6.45, 7) is 18.9.